The Kier molecular flexibility index (Phi) is 7.52. The van der Waals surface area contributed by atoms with Crippen LogP contribution in [0.1, 0.15) is 35.6 Å². The molecule has 4 rings (SSSR count). The van der Waals surface area contributed by atoms with E-state index in [0.717, 1.165) is 23.4 Å². The molecule has 9 nitrogen and oxygen atoms in total. The highest BCUT2D eigenvalue weighted by Gasteiger charge is 2.23. The third-order valence-electron chi connectivity index (χ3n) is 5.58. The molecule has 0 bridgehead atoms. The molecule has 2 aromatic heterocycles. The standard InChI is InChI=1S/C28H30N6O3/c1-18(2)14-20-16-26(34(32-20)22-7-5-6-19(3)15-22)33(28(29)36)21-8-10-23(11-9-21)37-24-12-13-31-25(17-24)27(35)30-4/h5-13,15-18H,14H2,1-4H3,(H2,29,36)(H,30,35). The predicted molar refractivity (Wildman–Crippen MR) is 143 cm³/mol. The lowest BCUT2D eigenvalue weighted by Gasteiger charge is -2.22. The minimum atomic E-state index is -0.636. The van der Waals surface area contributed by atoms with Crippen LogP contribution in [0.5, 0.6) is 11.5 Å². The molecule has 0 radical (unpaired) electrons. The second kappa shape index (κ2) is 10.9. The van der Waals surface area contributed by atoms with Crippen molar-refractivity contribution >= 4 is 23.4 Å². The largest absolute Gasteiger partial charge is 0.457 e. The van der Waals surface area contributed by atoms with E-state index < -0.39 is 6.03 Å². The Morgan fingerprint density at radius 2 is 1.81 bits per heavy atom. The number of primary amides is 1. The maximum absolute atomic E-state index is 12.7. The van der Waals surface area contributed by atoms with Gasteiger partial charge in [0.15, 0.2) is 0 Å². The molecule has 3 amide bonds. The van der Waals surface area contributed by atoms with Crippen LogP contribution in [-0.2, 0) is 6.42 Å². The average Bonchev–Trinajstić information content (AvgIpc) is 3.27. The van der Waals surface area contributed by atoms with E-state index in [1.54, 1.807) is 41.1 Å². The van der Waals surface area contributed by atoms with Crippen LogP contribution in [0.3, 0.4) is 0 Å². The summed E-state index contributed by atoms with van der Waals surface area (Å²) in [4.78, 5) is 30.1. The van der Waals surface area contributed by atoms with Crippen molar-refractivity contribution in [2.75, 3.05) is 11.9 Å². The highest BCUT2D eigenvalue weighted by atomic mass is 16.5. The molecular formula is C28H30N6O3. The normalized spacial score (nSPS) is 10.8. The lowest BCUT2D eigenvalue weighted by molar-refractivity contribution is 0.0957. The van der Waals surface area contributed by atoms with Crippen LogP contribution >= 0.6 is 0 Å². The summed E-state index contributed by atoms with van der Waals surface area (Å²) in [6.45, 7) is 6.25. The Labute approximate surface area is 215 Å². The van der Waals surface area contributed by atoms with Gasteiger partial charge in [-0.1, -0.05) is 26.0 Å². The minimum Gasteiger partial charge on any atom is -0.457 e. The van der Waals surface area contributed by atoms with Crippen molar-refractivity contribution in [3.8, 4) is 17.2 Å². The zero-order valence-corrected chi connectivity index (χ0v) is 21.3. The van der Waals surface area contributed by atoms with Crippen LogP contribution in [0.25, 0.3) is 5.69 Å². The number of urea groups is 1. The molecule has 0 atom stereocenters. The topological polar surface area (TPSA) is 115 Å². The number of nitrogens with two attached hydrogens (primary N) is 1. The Balaban J connectivity index is 1.68. The van der Waals surface area contributed by atoms with E-state index in [1.807, 2.05) is 37.3 Å². The molecule has 0 aliphatic heterocycles. The number of rotatable bonds is 8. The molecule has 0 saturated carbocycles. The van der Waals surface area contributed by atoms with Gasteiger partial charge in [0.2, 0.25) is 0 Å². The molecule has 0 unspecified atom stereocenters. The molecule has 3 N–H and O–H groups in total. The summed E-state index contributed by atoms with van der Waals surface area (Å²) >= 11 is 0. The quantitative estimate of drug-likeness (QED) is 0.349. The monoisotopic (exact) mass is 498 g/mol. The van der Waals surface area contributed by atoms with Gasteiger partial charge in [-0.15, -0.1) is 0 Å². The number of hydrogen-bond donors (Lipinski definition) is 2. The molecule has 37 heavy (non-hydrogen) atoms. The van der Waals surface area contributed by atoms with Crippen molar-refractivity contribution in [1.82, 2.24) is 20.1 Å². The van der Waals surface area contributed by atoms with Crippen LogP contribution in [0.15, 0.2) is 72.9 Å². The molecule has 2 aromatic carbocycles. The van der Waals surface area contributed by atoms with E-state index in [4.69, 9.17) is 15.6 Å². The van der Waals surface area contributed by atoms with Crippen LogP contribution in [0.4, 0.5) is 16.3 Å². The minimum absolute atomic E-state index is 0.248. The summed E-state index contributed by atoms with van der Waals surface area (Å²) in [5.74, 6) is 1.62. The van der Waals surface area contributed by atoms with Crippen LogP contribution in [0, 0.1) is 12.8 Å². The van der Waals surface area contributed by atoms with E-state index in [0.29, 0.717) is 28.9 Å². The van der Waals surface area contributed by atoms with Gasteiger partial charge in [0.25, 0.3) is 5.91 Å². The van der Waals surface area contributed by atoms with Gasteiger partial charge in [0.05, 0.1) is 17.1 Å². The van der Waals surface area contributed by atoms with Gasteiger partial charge in [-0.3, -0.25) is 9.78 Å². The van der Waals surface area contributed by atoms with Gasteiger partial charge >= 0.3 is 6.03 Å². The lowest BCUT2D eigenvalue weighted by atomic mass is 10.1. The molecule has 0 fully saturated rings. The third kappa shape index (κ3) is 5.95. The second-order valence-corrected chi connectivity index (χ2v) is 9.07. The van der Waals surface area contributed by atoms with Crippen molar-refractivity contribution in [3.63, 3.8) is 0 Å². The summed E-state index contributed by atoms with van der Waals surface area (Å²) in [5.41, 5.74) is 9.46. The van der Waals surface area contributed by atoms with E-state index in [-0.39, 0.29) is 11.6 Å². The predicted octanol–water partition coefficient (Wildman–Crippen LogP) is 5.14. The number of carbonyl (C=O) groups excluding carboxylic acids is 2. The van der Waals surface area contributed by atoms with Gasteiger partial charge in [-0.05, 0) is 67.3 Å². The highest BCUT2D eigenvalue weighted by molar-refractivity contribution is 5.98. The number of nitrogens with one attached hydrogen (secondary N) is 1. The number of hydrogen-bond acceptors (Lipinski definition) is 5. The number of ether oxygens (including phenoxy) is 1. The summed E-state index contributed by atoms with van der Waals surface area (Å²) in [6, 6.07) is 19.3. The summed E-state index contributed by atoms with van der Waals surface area (Å²) in [5, 5.41) is 7.33. The smallest absolute Gasteiger partial charge is 0.325 e. The van der Waals surface area contributed by atoms with Crippen molar-refractivity contribution in [3.05, 3.63) is 89.9 Å². The number of aromatic nitrogens is 3. The number of carbonyl (C=O) groups is 2. The Morgan fingerprint density at radius 3 is 2.46 bits per heavy atom. The fraction of sp³-hybridized carbons (Fsp3) is 0.214. The maximum atomic E-state index is 12.7. The van der Waals surface area contributed by atoms with Crippen molar-refractivity contribution < 1.29 is 14.3 Å². The molecule has 0 aliphatic carbocycles. The van der Waals surface area contributed by atoms with Crippen molar-refractivity contribution in [1.29, 1.82) is 0 Å². The van der Waals surface area contributed by atoms with E-state index in [2.05, 4.69) is 24.1 Å². The summed E-state index contributed by atoms with van der Waals surface area (Å²) in [6.07, 6.45) is 2.26. The first-order chi connectivity index (χ1) is 17.7. The zero-order valence-electron chi connectivity index (χ0n) is 21.3. The first-order valence-corrected chi connectivity index (χ1v) is 12.0. The summed E-state index contributed by atoms with van der Waals surface area (Å²) in [7, 11) is 1.54. The van der Waals surface area contributed by atoms with Crippen molar-refractivity contribution in [2.45, 2.75) is 27.2 Å². The van der Waals surface area contributed by atoms with Gasteiger partial charge in [0, 0.05) is 25.4 Å². The molecule has 190 valence electrons. The molecule has 0 saturated heterocycles. The molecule has 9 heteroatoms. The molecule has 0 spiro atoms. The number of pyridine rings is 1. The van der Waals surface area contributed by atoms with Gasteiger partial charge in [0.1, 0.15) is 23.0 Å². The maximum Gasteiger partial charge on any atom is 0.325 e. The van der Waals surface area contributed by atoms with Crippen molar-refractivity contribution in [2.24, 2.45) is 11.7 Å². The lowest BCUT2D eigenvalue weighted by Crippen LogP contribution is -2.33. The number of anilines is 2. The summed E-state index contributed by atoms with van der Waals surface area (Å²) < 4.78 is 7.64. The Bertz CT molecular complexity index is 1410. The Hall–Kier alpha value is -4.66. The van der Waals surface area contributed by atoms with Crippen LogP contribution in [-0.4, -0.2) is 33.8 Å². The molecule has 4 aromatic rings. The van der Waals surface area contributed by atoms with Crippen LogP contribution < -0.4 is 20.7 Å². The molecular weight excluding hydrogens is 468 g/mol. The van der Waals surface area contributed by atoms with E-state index >= 15 is 0 Å². The SMILES string of the molecule is CNC(=O)c1cc(Oc2ccc(N(C(N)=O)c3cc(CC(C)C)nn3-c3cccc(C)c3)cc2)ccn1. The molecule has 2 heterocycles. The highest BCUT2D eigenvalue weighted by Crippen LogP contribution is 2.32. The number of nitrogens with zero attached hydrogens (tertiary/aromatic N) is 4. The number of benzene rings is 2. The number of amides is 3. The van der Waals surface area contributed by atoms with E-state index in [1.165, 1.54) is 18.1 Å². The third-order valence-corrected chi connectivity index (χ3v) is 5.58. The van der Waals surface area contributed by atoms with E-state index in [9.17, 15) is 9.59 Å². The van der Waals surface area contributed by atoms with Gasteiger partial charge < -0.3 is 15.8 Å². The first-order valence-electron chi connectivity index (χ1n) is 12.0. The first kappa shape index (κ1) is 25.4. The number of aryl methyl sites for hydroxylation is 1. The van der Waals surface area contributed by atoms with Gasteiger partial charge in [-0.25, -0.2) is 14.4 Å². The zero-order chi connectivity index (χ0) is 26.5. The molecule has 0 aliphatic rings. The Morgan fingerprint density at radius 1 is 1.05 bits per heavy atom. The fourth-order valence-corrected chi connectivity index (χ4v) is 3.94. The average molecular weight is 499 g/mol. The van der Waals surface area contributed by atoms with Crippen LogP contribution in [0.2, 0.25) is 0 Å². The fourth-order valence-electron chi connectivity index (χ4n) is 3.94. The second-order valence-electron chi connectivity index (χ2n) is 9.07. The van der Waals surface area contributed by atoms with Gasteiger partial charge in [-0.2, -0.15) is 5.10 Å².